The van der Waals surface area contributed by atoms with Crippen LogP contribution in [0.4, 0.5) is 4.39 Å². The molecule has 0 N–H and O–H groups in total. The highest BCUT2D eigenvalue weighted by atomic mass is 19.1. The molecule has 0 aliphatic carbocycles. The minimum Gasteiger partial charge on any atom is -0.481 e. The molecule has 1 rings (SSSR count). The van der Waals surface area contributed by atoms with Gasteiger partial charge >= 0.3 is 0 Å². The maximum absolute atomic E-state index is 13.1. The molecule has 74 valence electrons. The van der Waals surface area contributed by atoms with Crippen molar-refractivity contribution in [3.8, 4) is 5.88 Å². The predicted octanol–water partition coefficient (Wildman–Crippen LogP) is 1.87. The predicted molar refractivity (Wildman–Crippen MR) is 48.4 cm³/mol. The fourth-order valence-electron chi connectivity index (χ4n) is 1.18. The van der Waals surface area contributed by atoms with E-state index in [9.17, 15) is 4.39 Å². The summed E-state index contributed by atoms with van der Waals surface area (Å²) >= 11 is 0. The second kappa shape index (κ2) is 3.01. The molecule has 0 amide bonds. The maximum atomic E-state index is 13.1. The van der Waals surface area contributed by atoms with Crippen molar-refractivity contribution in [3.63, 3.8) is 0 Å². The third-order valence-electron chi connectivity index (χ3n) is 1.89. The van der Waals surface area contributed by atoms with E-state index < -0.39 is 6.08 Å². The number of hydrogen-bond acceptors (Lipinski definition) is 2. The molecule has 0 aliphatic heterocycles. The Morgan fingerprint density at radius 2 is 1.92 bits per heavy atom. The van der Waals surface area contributed by atoms with Gasteiger partial charge in [-0.3, -0.25) is 4.57 Å². The SMILES string of the molecule is COc1c(C(C)(C)C)nc(F)n1C. The Kier molecular flexibility index (Phi) is 2.32. The van der Waals surface area contributed by atoms with Crippen molar-refractivity contribution in [1.29, 1.82) is 0 Å². The van der Waals surface area contributed by atoms with Crippen LogP contribution >= 0.6 is 0 Å². The summed E-state index contributed by atoms with van der Waals surface area (Å²) in [6.07, 6.45) is -0.512. The van der Waals surface area contributed by atoms with Crippen LogP contribution < -0.4 is 4.74 Å². The highest BCUT2D eigenvalue weighted by Gasteiger charge is 2.25. The fraction of sp³-hybridized carbons (Fsp3) is 0.667. The molecule has 1 aromatic heterocycles. The summed E-state index contributed by atoms with van der Waals surface area (Å²) in [6.45, 7) is 5.91. The van der Waals surface area contributed by atoms with Crippen molar-refractivity contribution in [2.45, 2.75) is 26.2 Å². The van der Waals surface area contributed by atoms with Crippen LogP contribution in [-0.4, -0.2) is 16.7 Å². The van der Waals surface area contributed by atoms with Crippen molar-refractivity contribution in [2.24, 2.45) is 7.05 Å². The molecule has 0 unspecified atom stereocenters. The summed E-state index contributed by atoms with van der Waals surface area (Å²) in [5, 5.41) is 0. The summed E-state index contributed by atoms with van der Waals surface area (Å²) in [5.41, 5.74) is 0.447. The number of methoxy groups -OCH3 is 1. The molecule has 1 heterocycles. The highest BCUT2D eigenvalue weighted by molar-refractivity contribution is 5.27. The average Bonchev–Trinajstić information content (AvgIpc) is 2.28. The van der Waals surface area contributed by atoms with Crippen LogP contribution in [0, 0.1) is 6.08 Å². The first-order valence-electron chi connectivity index (χ1n) is 4.14. The van der Waals surface area contributed by atoms with Gasteiger partial charge in [0.05, 0.1) is 7.11 Å². The molecular formula is C9H15FN2O. The average molecular weight is 186 g/mol. The van der Waals surface area contributed by atoms with Gasteiger partial charge in [-0.2, -0.15) is 4.39 Å². The lowest BCUT2D eigenvalue weighted by molar-refractivity contribution is 0.356. The monoisotopic (exact) mass is 186 g/mol. The molecule has 0 aromatic carbocycles. The van der Waals surface area contributed by atoms with E-state index >= 15 is 0 Å². The van der Waals surface area contributed by atoms with Crippen LogP contribution in [0.3, 0.4) is 0 Å². The van der Waals surface area contributed by atoms with E-state index in [1.807, 2.05) is 20.8 Å². The van der Waals surface area contributed by atoms with Crippen LogP contribution in [0.1, 0.15) is 26.5 Å². The maximum Gasteiger partial charge on any atom is 0.292 e. The van der Waals surface area contributed by atoms with Gasteiger partial charge in [0.25, 0.3) is 6.08 Å². The van der Waals surface area contributed by atoms with E-state index in [1.165, 1.54) is 11.7 Å². The minimum absolute atomic E-state index is 0.201. The number of imidazole rings is 1. The van der Waals surface area contributed by atoms with E-state index in [4.69, 9.17) is 4.74 Å². The lowest BCUT2D eigenvalue weighted by atomic mass is 9.92. The summed E-state index contributed by atoms with van der Waals surface area (Å²) in [6, 6.07) is 0. The molecule has 0 saturated carbocycles. The van der Waals surface area contributed by atoms with Gasteiger partial charge in [-0.25, -0.2) is 4.98 Å². The first-order chi connectivity index (χ1) is 5.88. The largest absolute Gasteiger partial charge is 0.481 e. The van der Waals surface area contributed by atoms with Gasteiger partial charge in [0, 0.05) is 12.5 Å². The van der Waals surface area contributed by atoms with Crippen LogP contribution in [0.2, 0.25) is 0 Å². The second-order valence-corrected chi connectivity index (χ2v) is 4.05. The van der Waals surface area contributed by atoms with Gasteiger partial charge in [0.2, 0.25) is 5.88 Å². The number of ether oxygens (including phenoxy) is 1. The highest BCUT2D eigenvalue weighted by Crippen LogP contribution is 2.30. The summed E-state index contributed by atoms with van der Waals surface area (Å²) < 4.78 is 19.5. The third-order valence-corrected chi connectivity index (χ3v) is 1.89. The summed E-state index contributed by atoms with van der Waals surface area (Å²) in [5.74, 6) is 0.491. The fourth-order valence-corrected chi connectivity index (χ4v) is 1.18. The van der Waals surface area contributed by atoms with Crippen LogP contribution in [0.25, 0.3) is 0 Å². The third kappa shape index (κ3) is 1.66. The molecule has 0 aliphatic rings. The first-order valence-corrected chi connectivity index (χ1v) is 4.14. The standard InChI is InChI=1S/C9H15FN2O/c1-9(2,3)6-7(13-5)12(4)8(10)11-6/h1-5H3. The van der Waals surface area contributed by atoms with Crippen molar-refractivity contribution in [3.05, 3.63) is 11.8 Å². The smallest absolute Gasteiger partial charge is 0.292 e. The second-order valence-electron chi connectivity index (χ2n) is 4.05. The normalized spacial score (nSPS) is 11.8. The Morgan fingerprint density at radius 1 is 1.38 bits per heavy atom. The van der Waals surface area contributed by atoms with Gasteiger partial charge in [0.1, 0.15) is 5.69 Å². The van der Waals surface area contributed by atoms with E-state index in [-0.39, 0.29) is 5.41 Å². The Hall–Kier alpha value is -1.06. The Labute approximate surface area is 77.5 Å². The molecule has 0 fully saturated rings. The van der Waals surface area contributed by atoms with Crippen molar-refractivity contribution in [1.82, 2.24) is 9.55 Å². The zero-order valence-corrected chi connectivity index (χ0v) is 8.68. The van der Waals surface area contributed by atoms with E-state index in [0.717, 1.165) is 0 Å². The number of rotatable bonds is 1. The molecule has 4 heteroatoms. The Bertz CT molecular complexity index is 312. The topological polar surface area (TPSA) is 27.1 Å². The molecule has 3 nitrogen and oxygen atoms in total. The number of aromatic nitrogens is 2. The molecule has 0 bridgehead atoms. The van der Waals surface area contributed by atoms with E-state index in [0.29, 0.717) is 11.6 Å². The van der Waals surface area contributed by atoms with Gasteiger partial charge in [-0.05, 0) is 0 Å². The van der Waals surface area contributed by atoms with Crippen molar-refractivity contribution >= 4 is 0 Å². The number of halogens is 1. The van der Waals surface area contributed by atoms with Crippen molar-refractivity contribution in [2.75, 3.05) is 7.11 Å². The van der Waals surface area contributed by atoms with Gasteiger partial charge < -0.3 is 4.74 Å². The molecular weight excluding hydrogens is 171 g/mol. The zero-order chi connectivity index (χ0) is 10.2. The van der Waals surface area contributed by atoms with Gasteiger partial charge in [-0.15, -0.1) is 0 Å². The van der Waals surface area contributed by atoms with Crippen LogP contribution in [-0.2, 0) is 12.5 Å². The molecule has 0 radical (unpaired) electrons. The molecule has 1 aromatic rings. The molecule has 0 atom stereocenters. The van der Waals surface area contributed by atoms with E-state index in [1.54, 1.807) is 7.05 Å². The Balaban J connectivity index is 3.30. The lowest BCUT2D eigenvalue weighted by Gasteiger charge is -2.16. The number of hydrogen-bond donors (Lipinski definition) is 0. The molecule has 0 spiro atoms. The van der Waals surface area contributed by atoms with Gasteiger partial charge in [-0.1, -0.05) is 20.8 Å². The van der Waals surface area contributed by atoms with E-state index in [2.05, 4.69) is 4.98 Å². The summed E-state index contributed by atoms with van der Waals surface area (Å²) in [7, 11) is 3.11. The van der Waals surface area contributed by atoms with Crippen LogP contribution in [0.15, 0.2) is 0 Å². The van der Waals surface area contributed by atoms with Crippen molar-refractivity contribution < 1.29 is 9.13 Å². The number of nitrogens with zero attached hydrogens (tertiary/aromatic N) is 2. The first kappa shape index (κ1) is 10.0. The van der Waals surface area contributed by atoms with Crippen LogP contribution in [0.5, 0.6) is 5.88 Å². The lowest BCUT2D eigenvalue weighted by Crippen LogP contribution is -2.13. The molecule has 0 saturated heterocycles. The summed E-state index contributed by atoms with van der Waals surface area (Å²) in [4.78, 5) is 3.82. The Morgan fingerprint density at radius 3 is 2.23 bits per heavy atom. The molecule has 13 heavy (non-hydrogen) atoms. The minimum atomic E-state index is -0.512. The van der Waals surface area contributed by atoms with Gasteiger partial charge in [0.15, 0.2) is 0 Å². The quantitative estimate of drug-likeness (QED) is 0.669. The zero-order valence-electron chi connectivity index (χ0n) is 8.68.